The smallest absolute Gasteiger partial charge is 0.137 e. The fourth-order valence-corrected chi connectivity index (χ4v) is 1.77. The van der Waals surface area contributed by atoms with E-state index in [0.717, 1.165) is 30.9 Å². The molecule has 0 radical (unpaired) electrons. The Labute approximate surface area is 90.3 Å². The van der Waals surface area contributed by atoms with Gasteiger partial charge in [-0.1, -0.05) is 25.1 Å². The van der Waals surface area contributed by atoms with E-state index in [1.807, 2.05) is 0 Å². The molecular weight excluding hydrogens is 186 g/mol. The van der Waals surface area contributed by atoms with Crippen molar-refractivity contribution in [1.29, 1.82) is 0 Å². The van der Waals surface area contributed by atoms with Gasteiger partial charge in [-0.3, -0.25) is 0 Å². The van der Waals surface area contributed by atoms with Crippen LogP contribution in [0.25, 0.3) is 11.0 Å². The molecule has 2 nitrogen and oxygen atoms in total. The molecule has 0 aliphatic carbocycles. The SMILES string of the molecule is CCNCCc1cc2cccc(C)c2o1. The van der Waals surface area contributed by atoms with Crippen LogP contribution in [0.3, 0.4) is 0 Å². The Kier molecular flexibility index (Phi) is 3.07. The molecule has 1 aromatic heterocycles. The summed E-state index contributed by atoms with van der Waals surface area (Å²) >= 11 is 0. The van der Waals surface area contributed by atoms with E-state index in [0.29, 0.717) is 0 Å². The molecule has 0 unspecified atom stereocenters. The molecule has 0 saturated heterocycles. The average molecular weight is 203 g/mol. The van der Waals surface area contributed by atoms with Crippen molar-refractivity contribution < 1.29 is 4.42 Å². The van der Waals surface area contributed by atoms with Gasteiger partial charge in [-0.2, -0.15) is 0 Å². The first-order valence-corrected chi connectivity index (χ1v) is 5.50. The van der Waals surface area contributed by atoms with Crippen molar-refractivity contribution in [2.24, 2.45) is 0 Å². The number of fused-ring (bicyclic) bond motifs is 1. The first-order chi connectivity index (χ1) is 7.31. The summed E-state index contributed by atoms with van der Waals surface area (Å²) < 4.78 is 5.81. The van der Waals surface area contributed by atoms with Crippen LogP contribution < -0.4 is 5.32 Å². The highest BCUT2D eigenvalue weighted by atomic mass is 16.3. The maximum atomic E-state index is 5.81. The largest absolute Gasteiger partial charge is 0.461 e. The highest BCUT2D eigenvalue weighted by Crippen LogP contribution is 2.22. The second-order valence-corrected chi connectivity index (χ2v) is 3.81. The minimum atomic E-state index is 0.960. The lowest BCUT2D eigenvalue weighted by Gasteiger charge is -1.97. The molecule has 2 rings (SSSR count). The summed E-state index contributed by atoms with van der Waals surface area (Å²) in [4.78, 5) is 0. The normalized spacial score (nSPS) is 11.1. The fraction of sp³-hybridized carbons (Fsp3) is 0.385. The van der Waals surface area contributed by atoms with Crippen LogP contribution >= 0.6 is 0 Å². The summed E-state index contributed by atoms with van der Waals surface area (Å²) in [5, 5.41) is 4.51. The van der Waals surface area contributed by atoms with Crippen molar-refractivity contribution in [3.63, 3.8) is 0 Å². The second kappa shape index (κ2) is 4.49. The third kappa shape index (κ3) is 2.21. The lowest BCUT2D eigenvalue weighted by molar-refractivity contribution is 0.534. The molecule has 80 valence electrons. The van der Waals surface area contributed by atoms with E-state index in [1.165, 1.54) is 10.9 Å². The first kappa shape index (κ1) is 10.2. The highest BCUT2D eigenvalue weighted by molar-refractivity contribution is 5.80. The van der Waals surface area contributed by atoms with Crippen molar-refractivity contribution in [3.8, 4) is 0 Å². The number of rotatable bonds is 4. The summed E-state index contributed by atoms with van der Waals surface area (Å²) in [5.74, 6) is 1.07. The molecule has 0 atom stereocenters. The third-order valence-corrected chi connectivity index (χ3v) is 2.59. The molecule has 15 heavy (non-hydrogen) atoms. The van der Waals surface area contributed by atoms with Gasteiger partial charge in [0.05, 0.1) is 0 Å². The Morgan fingerprint density at radius 2 is 2.20 bits per heavy atom. The molecule has 0 aliphatic rings. The topological polar surface area (TPSA) is 25.2 Å². The van der Waals surface area contributed by atoms with E-state index >= 15 is 0 Å². The minimum absolute atomic E-state index is 0.960. The maximum Gasteiger partial charge on any atom is 0.137 e. The van der Waals surface area contributed by atoms with Gasteiger partial charge in [0.2, 0.25) is 0 Å². The summed E-state index contributed by atoms with van der Waals surface area (Å²) in [5.41, 5.74) is 2.24. The van der Waals surface area contributed by atoms with E-state index in [1.54, 1.807) is 0 Å². The summed E-state index contributed by atoms with van der Waals surface area (Å²) in [6.07, 6.45) is 0.960. The number of benzene rings is 1. The van der Waals surface area contributed by atoms with Crippen LogP contribution in [0, 0.1) is 6.92 Å². The zero-order valence-corrected chi connectivity index (χ0v) is 9.34. The molecule has 1 heterocycles. The Bertz CT molecular complexity index is 445. The van der Waals surface area contributed by atoms with Crippen LogP contribution in [0.2, 0.25) is 0 Å². The number of hydrogen-bond acceptors (Lipinski definition) is 2. The van der Waals surface area contributed by atoms with Gasteiger partial charge in [0.25, 0.3) is 0 Å². The Morgan fingerprint density at radius 3 is 2.93 bits per heavy atom. The van der Waals surface area contributed by atoms with Gasteiger partial charge in [0.15, 0.2) is 0 Å². The van der Waals surface area contributed by atoms with E-state index in [2.05, 4.69) is 43.4 Å². The van der Waals surface area contributed by atoms with Gasteiger partial charge in [0.1, 0.15) is 11.3 Å². The van der Waals surface area contributed by atoms with Gasteiger partial charge < -0.3 is 9.73 Å². The summed E-state index contributed by atoms with van der Waals surface area (Å²) in [6, 6.07) is 8.39. The molecule has 2 aromatic rings. The van der Waals surface area contributed by atoms with Crippen LogP contribution in [-0.2, 0) is 6.42 Å². The van der Waals surface area contributed by atoms with Crippen molar-refractivity contribution in [3.05, 3.63) is 35.6 Å². The number of nitrogens with one attached hydrogen (secondary N) is 1. The molecule has 0 bridgehead atoms. The maximum absolute atomic E-state index is 5.81. The summed E-state index contributed by atoms with van der Waals surface area (Å²) in [6.45, 7) is 6.19. The van der Waals surface area contributed by atoms with Crippen LogP contribution in [0.15, 0.2) is 28.7 Å². The number of hydrogen-bond donors (Lipinski definition) is 1. The predicted octanol–water partition coefficient (Wildman–Crippen LogP) is 2.89. The molecular formula is C13H17NO. The number of aryl methyl sites for hydroxylation is 1. The van der Waals surface area contributed by atoms with Gasteiger partial charge in [-0.05, 0) is 25.1 Å². The van der Waals surface area contributed by atoms with Crippen molar-refractivity contribution in [1.82, 2.24) is 5.32 Å². The van der Waals surface area contributed by atoms with Gasteiger partial charge in [0, 0.05) is 18.4 Å². The molecule has 1 N–H and O–H groups in total. The van der Waals surface area contributed by atoms with Crippen molar-refractivity contribution in [2.75, 3.05) is 13.1 Å². The number of likely N-dealkylation sites (N-methyl/N-ethyl adjacent to an activating group) is 1. The molecule has 0 fully saturated rings. The lowest BCUT2D eigenvalue weighted by Crippen LogP contribution is -2.15. The quantitative estimate of drug-likeness (QED) is 0.773. The van der Waals surface area contributed by atoms with Crippen molar-refractivity contribution >= 4 is 11.0 Å². The molecule has 0 saturated carbocycles. The minimum Gasteiger partial charge on any atom is -0.461 e. The Morgan fingerprint density at radius 1 is 1.33 bits per heavy atom. The molecule has 0 spiro atoms. The van der Waals surface area contributed by atoms with E-state index in [9.17, 15) is 0 Å². The van der Waals surface area contributed by atoms with E-state index < -0.39 is 0 Å². The van der Waals surface area contributed by atoms with Crippen LogP contribution in [0.5, 0.6) is 0 Å². The third-order valence-electron chi connectivity index (χ3n) is 2.59. The zero-order valence-electron chi connectivity index (χ0n) is 9.34. The van der Waals surface area contributed by atoms with Crippen LogP contribution in [-0.4, -0.2) is 13.1 Å². The monoisotopic (exact) mass is 203 g/mol. The Balaban J connectivity index is 2.20. The zero-order chi connectivity index (χ0) is 10.7. The average Bonchev–Trinajstić information content (AvgIpc) is 2.63. The first-order valence-electron chi connectivity index (χ1n) is 5.50. The number of furan rings is 1. The molecule has 0 amide bonds. The number of para-hydroxylation sites is 1. The fourth-order valence-electron chi connectivity index (χ4n) is 1.77. The molecule has 0 aliphatic heterocycles. The van der Waals surface area contributed by atoms with Gasteiger partial charge in [-0.15, -0.1) is 0 Å². The van der Waals surface area contributed by atoms with Crippen LogP contribution in [0.1, 0.15) is 18.2 Å². The van der Waals surface area contributed by atoms with Gasteiger partial charge >= 0.3 is 0 Å². The van der Waals surface area contributed by atoms with Crippen LogP contribution in [0.4, 0.5) is 0 Å². The predicted molar refractivity (Wildman–Crippen MR) is 63.2 cm³/mol. The summed E-state index contributed by atoms with van der Waals surface area (Å²) in [7, 11) is 0. The standard InChI is InChI=1S/C13H17NO/c1-3-14-8-7-12-9-11-6-4-5-10(2)13(11)15-12/h4-6,9,14H,3,7-8H2,1-2H3. The van der Waals surface area contributed by atoms with Crippen molar-refractivity contribution in [2.45, 2.75) is 20.3 Å². The molecule has 1 aromatic carbocycles. The van der Waals surface area contributed by atoms with Gasteiger partial charge in [-0.25, -0.2) is 0 Å². The second-order valence-electron chi connectivity index (χ2n) is 3.81. The highest BCUT2D eigenvalue weighted by Gasteiger charge is 2.04. The molecule has 2 heteroatoms. The Hall–Kier alpha value is -1.28. The van der Waals surface area contributed by atoms with E-state index in [-0.39, 0.29) is 0 Å². The van der Waals surface area contributed by atoms with E-state index in [4.69, 9.17) is 4.42 Å². The lowest BCUT2D eigenvalue weighted by atomic mass is 10.2.